The van der Waals surface area contributed by atoms with Crippen molar-refractivity contribution in [1.82, 2.24) is 0 Å². The van der Waals surface area contributed by atoms with E-state index in [9.17, 15) is 4.79 Å². The van der Waals surface area contributed by atoms with Crippen LogP contribution in [0.5, 0.6) is 23.0 Å². The monoisotopic (exact) mass is 524 g/mol. The van der Waals surface area contributed by atoms with E-state index in [4.69, 9.17) is 18.9 Å². The zero-order chi connectivity index (χ0) is 27.6. The summed E-state index contributed by atoms with van der Waals surface area (Å²) in [6, 6.07) is 9.30. The van der Waals surface area contributed by atoms with Gasteiger partial charge in [-0.15, -0.1) is 0 Å². The van der Waals surface area contributed by atoms with Crippen LogP contribution in [0.2, 0.25) is 0 Å². The predicted molar refractivity (Wildman–Crippen MR) is 157 cm³/mol. The van der Waals surface area contributed by atoms with Gasteiger partial charge in [-0.3, -0.25) is 4.79 Å². The van der Waals surface area contributed by atoms with Crippen LogP contribution in [0.25, 0.3) is 6.08 Å². The number of unbranched alkanes of at least 4 members (excludes halogenated alkanes) is 4. The molecule has 0 unspecified atom stereocenters. The minimum atomic E-state index is -0.0700. The van der Waals surface area contributed by atoms with Crippen LogP contribution >= 0.6 is 0 Å². The highest BCUT2D eigenvalue weighted by molar-refractivity contribution is 6.07. The highest BCUT2D eigenvalue weighted by Gasteiger charge is 2.27. The fourth-order valence-electron chi connectivity index (χ4n) is 3.93. The SMILES string of the molecule is CCCCOc1c(C=CC(=O)c2ccccc2)c(OCCCC)c(OCCCC)c(OCCCC)c1CC. The molecule has 0 aliphatic heterocycles. The van der Waals surface area contributed by atoms with Crippen molar-refractivity contribution in [2.24, 2.45) is 0 Å². The van der Waals surface area contributed by atoms with E-state index in [1.54, 1.807) is 6.08 Å². The lowest BCUT2D eigenvalue weighted by atomic mass is 10.0. The number of hydrogen-bond acceptors (Lipinski definition) is 5. The zero-order valence-electron chi connectivity index (χ0n) is 24.3. The van der Waals surface area contributed by atoms with Crippen molar-refractivity contribution >= 4 is 11.9 Å². The van der Waals surface area contributed by atoms with Crippen LogP contribution in [0.4, 0.5) is 0 Å². The number of benzene rings is 2. The zero-order valence-corrected chi connectivity index (χ0v) is 24.3. The normalized spacial score (nSPS) is 11.1. The summed E-state index contributed by atoms with van der Waals surface area (Å²) in [5, 5.41) is 0. The van der Waals surface area contributed by atoms with Crippen LogP contribution in [0.1, 0.15) is 107 Å². The first-order valence-electron chi connectivity index (χ1n) is 14.6. The smallest absolute Gasteiger partial charge is 0.204 e. The van der Waals surface area contributed by atoms with Crippen molar-refractivity contribution in [3.05, 3.63) is 53.1 Å². The molecule has 2 rings (SSSR count). The molecule has 0 amide bonds. The molecule has 5 nitrogen and oxygen atoms in total. The first kappa shape index (κ1) is 31.3. The number of ether oxygens (including phenoxy) is 4. The van der Waals surface area contributed by atoms with E-state index < -0.39 is 0 Å². The highest BCUT2D eigenvalue weighted by atomic mass is 16.5. The first-order valence-corrected chi connectivity index (χ1v) is 14.6. The van der Waals surface area contributed by atoms with Gasteiger partial charge in [0.05, 0.1) is 32.0 Å². The van der Waals surface area contributed by atoms with Crippen molar-refractivity contribution in [1.29, 1.82) is 0 Å². The summed E-state index contributed by atoms with van der Waals surface area (Å²) < 4.78 is 25.7. The Balaban J connectivity index is 2.74. The lowest BCUT2D eigenvalue weighted by molar-refractivity contribution is 0.104. The summed E-state index contributed by atoms with van der Waals surface area (Å²) >= 11 is 0. The van der Waals surface area contributed by atoms with E-state index in [1.165, 1.54) is 0 Å². The Bertz CT molecular complexity index is 981. The van der Waals surface area contributed by atoms with Crippen LogP contribution in [-0.2, 0) is 6.42 Å². The van der Waals surface area contributed by atoms with Gasteiger partial charge in [0.25, 0.3) is 0 Å². The molecule has 0 fully saturated rings. The van der Waals surface area contributed by atoms with Gasteiger partial charge in [-0.2, -0.15) is 0 Å². The predicted octanol–water partition coefficient (Wildman–Crippen LogP) is 8.86. The molecule has 0 spiro atoms. The van der Waals surface area contributed by atoms with Gasteiger partial charge in [-0.05, 0) is 44.3 Å². The van der Waals surface area contributed by atoms with Crippen LogP contribution in [-0.4, -0.2) is 32.2 Å². The van der Waals surface area contributed by atoms with Gasteiger partial charge in [0.2, 0.25) is 5.75 Å². The molecule has 0 radical (unpaired) electrons. The van der Waals surface area contributed by atoms with E-state index in [0.29, 0.717) is 55.7 Å². The Labute approximate surface area is 230 Å². The molecule has 0 N–H and O–H groups in total. The maximum Gasteiger partial charge on any atom is 0.204 e. The molecular weight excluding hydrogens is 476 g/mol. The first-order chi connectivity index (χ1) is 18.6. The summed E-state index contributed by atoms with van der Waals surface area (Å²) in [6.07, 6.45) is 12.0. The molecule has 0 atom stereocenters. The van der Waals surface area contributed by atoms with Gasteiger partial charge in [-0.25, -0.2) is 0 Å². The van der Waals surface area contributed by atoms with Gasteiger partial charge in [0, 0.05) is 11.1 Å². The number of rotatable bonds is 20. The third-order valence-electron chi connectivity index (χ3n) is 6.24. The van der Waals surface area contributed by atoms with Gasteiger partial charge >= 0.3 is 0 Å². The Kier molecular flexibility index (Phi) is 15.1. The number of ketones is 1. The Morgan fingerprint density at radius 2 is 1.11 bits per heavy atom. The van der Waals surface area contributed by atoms with E-state index >= 15 is 0 Å². The molecule has 38 heavy (non-hydrogen) atoms. The second-order valence-electron chi connectivity index (χ2n) is 9.43. The third kappa shape index (κ3) is 9.41. The molecular formula is C33H48O5. The number of carbonyl (C=O) groups excluding carboxylic acids is 1. The van der Waals surface area contributed by atoms with Crippen LogP contribution in [0.3, 0.4) is 0 Å². The summed E-state index contributed by atoms with van der Waals surface area (Å²) in [5.74, 6) is 2.58. The Hall–Kier alpha value is -2.95. The average molecular weight is 525 g/mol. The minimum Gasteiger partial charge on any atom is -0.492 e. The van der Waals surface area contributed by atoms with E-state index in [2.05, 4.69) is 34.6 Å². The summed E-state index contributed by atoms with van der Waals surface area (Å²) in [4.78, 5) is 13.0. The van der Waals surface area contributed by atoms with Gasteiger partial charge in [0.1, 0.15) is 5.75 Å². The lowest BCUT2D eigenvalue weighted by Crippen LogP contribution is -2.12. The van der Waals surface area contributed by atoms with Crippen molar-refractivity contribution in [3.63, 3.8) is 0 Å². The minimum absolute atomic E-state index is 0.0700. The molecule has 2 aromatic carbocycles. The maximum absolute atomic E-state index is 13.0. The topological polar surface area (TPSA) is 54.0 Å². The quantitative estimate of drug-likeness (QED) is 0.0983. The standard InChI is InChI=1S/C33H48O5/c1-6-11-22-35-30-27(10-5)31(36-23-12-7-2)33(38-25-14-9-4)32(37-24-13-8-3)28(30)20-21-29(34)26-18-16-15-17-19-26/h15-21H,6-14,22-25H2,1-5H3. The van der Waals surface area contributed by atoms with Crippen LogP contribution < -0.4 is 18.9 Å². The summed E-state index contributed by atoms with van der Waals surface area (Å²) in [5.41, 5.74) is 2.34. The molecule has 0 aromatic heterocycles. The summed E-state index contributed by atoms with van der Waals surface area (Å²) in [7, 11) is 0. The Morgan fingerprint density at radius 1 is 0.632 bits per heavy atom. The molecule has 0 saturated heterocycles. The molecule has 2 aromatic rings. The van der Waals surface area contributed by atoms with E-state index in [0.717, 1.165) is 68.2 Å². The van der Waals surface area contributed by atoms with Crippen molar-refractivity contribution < 1.29 is 23.7 Å². The highest BCUT2D eigenvalue weighted by Crippen LogP contribution is 2.50. The molecule has 210 valence electrons. The van der Waals surface area contributed by atoms with Crippen molar-refractivity contribution in [2.45, 2.75) is 92.4 Å². The molecule has 0 saturated carbocycles. The number of allylic oxidation sites excluding steroid dienone is 1. The van der Waals surface area contributed by atoms with Crippen LogP contribution in [0, 0.1) is 0 Å². The molecule has 0 aliphatic rings. The van der Waals surface area contributed by atoms with E-state index in [1.807, 2.05) is 36.4 Å². The number of hydrogen-bond donors (Lipinski definition) is 0. The number of carbonyl (C=O) groups is 1. The second-order valence-corrected chi connectivity index (χ2v) is 9.43. The van der Waals surface area contributed by atoms with E-state index in [-0.39, 0.29) is 5.78 Å². The molecule has 0 aliphatic carbocycles. The van der Waals surface area contributed by atoms with Gasteiger partial charge < -0.3 is 18.9 Å². The molecule has 5 heteroatoms. The fourth-order valence-corrected chi connectivity index (χ4v) is 3.93. The van der Waals surface area contributed by atoms with Gasteiger partial charge in [-0.1, -0.05) is 90.6 Å². The lowest BCUT2D eigenvalue weighted by Gasteiger charge is -2.25. The van der Waals surface area contributed by atoms with Crippen LogP contribution in [0.15, 0.2) is 36.4 Å². The maximum atomic E-state index is 13.0. The summed E-state index contributed by atoms with van der Waals surface area (Å²) in [6.45, 7) is 13.0. The van der Waals surface area contributed by atoms with Crippen molar-refractivity contribution in [2.75, 3.05) is 26.4 Å². The third-order valence-corrected chi connectivity index (χ3v) is 6.24. The molecule has 0 bridgehead atoms. The fraction of sp³-hybridized carbons (Fsp3) is 0.545. The Morgan fingerprint density at radius 3 is 1.61 bits per heavy atom. The van der Waals surface area contributed by atoms with Gasteiger partial charge in [0.15, 0.2) is 17.3 Å². The largest absolute Gasteiger partial charge is 0.492 e. The average Bonchev–Trinajstić information content (AvgIpc) is 2.94. The molecule has 0 heterocycles. The van der Waals surface area contributed by atoms with Crippen molar-refractivity contribution in [3.8, 4) is 23.0 Å². The second kappa shape index (κ2) is 18.3.